The van der Waals surface area contributed by atoms with E-state index in [1.807, 2.05) is 30.3 Å². The van der Waals surface area contributed by atoms with Crippen LogP contribution in [0.15, 0.2) is 61.2 Å². The lowest BCUT2D eigenvalue weighted by molar-refractivity contribution is -0.272. The van der Waals surface area contributed by atoms with Crippen LogP contribution < -0.4 is 0 Å². The molecule has 3 heteroatoms. The largest absolute Gasteiger partial charge is 0.383 e. The lowest BCUT2D eigenvalue weighted by Gasteiger charge is -2.29. The first-order valence-electron chi connectivity index (χ1n) is 15.8. The van der Waals surface area contributed by atoms with Gasteiger partial charge in [0.15, 0.2) is 0 Å². The molecule has 2 fully saturated rings. The number of allylic oxidation sites excluding steroid dienone is 1. The minimum Gasteiger partial charge on any atom is -0.309 e. The Bertz CT molecular complexity index is 980. The molecule has 0 amide bonds. The maximum absolute atomic E-state index is 15.1. The fourth-order valence-electron chi connectivity index (χ4n) is 6.95. The molecule has 39 heavy (non-hydrogen) atoms. The first-order chi connectivity index (χ1) is 18.9. The summed E-state index contributed by atoms with van der Waals surface area (Å²) in [5, 5.41) is 0. The smallest absolute Gasteiger partial charge is 0.309 e. The minimum atomic E-state index is -3.32. The molecule has 0 aromatic heterocycles. The van der Waals surface area contributed by atoms with Crippen LogP contribution >= 0.6 is 0 Å². The van der Waals surface area contributed by atoms with Gasteiger partial charge in [-0.25, -0.2) is 0 Å². The van der Waals surface area contributed by atoms with E-state index in [1.165, 1.54) is 81.8 Å². The predicted molar refractivity (Wildman–Crippen MR) is 159 cm³/mol. The summed E-state index contributed by atoms with van der Waals surface area (Å²) in [4.78, 5) is 0. The molecule has 1 nitrogen and oxygen atoms in total. The molecule has 0 saturated heterocycles. The van der Waals surface area contributed by atoms with Gasteiger partial charge in [0.25, 0.3) is 0 Å². The molecule has 0 aliphatic heterocycles. The maximum atomic E-state index is 15.1. The monoisotopic (exact) mass is 536 g/mol. The molecule has 0 bridgehead atoms. The second-order valence-electron chi connectivity index (χ2n) is 12.4. The van der Waals surface area contributed by atoms with Gasteiger partial charge in [0.1, 0.15) is 0 Å². The van der Waals surface area contributed by atoms with Gasteiger partial charge in [-0.3, -0.25) is 0 Å². The Hall–Kier alpha value is -2.00. The standard InChI is InChI=1S/C36H50F2O/c1-4-6-8-10-29-13-17-31(18-14-29)33-21-19-30(20-22-33)27(3)39-36(37,38)35-25-23-34(24-26-35)32-15-11-28(12-16-32)9-7-5-2/h5,19-29,31-32H,2,4,6-18H2,1,3H3. The van der Waals surface area contributed by atoms with Crippen LogP contribution in [0.1, 0.15) is 144 Å². The van der Waals surface area contributed by atoms with Crippen LogP contribution in [-0.2, 0) is 10.8 Å². The molecule has 0 N–H and O–H groups in total. The van der Waals surface area contributed by atoms with Crippen LogP contribution in [-0.4, -0.2) is 0 Å². The molecule has 1 atom stereocenters. The van der Waals surface area contributed by atoms with E-state index in [1.54, 1.807) is 19.1 Å². The number of ether oxygens (including phenoxy) is 1. The van der Waals surface area contributed by atoms with E-state index in [0.29, 0.717) is 11.8 Å². The number of unbranched alkanes of at least 4 members (excludes halogenated alkanes) is 2. The van der Waals surface area contributed by atoms with Crippen molar-refractivity contribution in [2.75, 3.05) is 0 Å². The van der Waals surface area contributed by atoms with Crippen molar-refractivity contribution >= 4 is 0 Å². The maximum Gasteiger partial charge on any atom is 0.383 e. The number of alkyl halides is 2. The van der Waals surface area contributed by atoms with E-state index in [9.17, 15) is 0 Å². The van der Waals surface area contributed by atoms with Crippen LogP contribution in [0, 0.1) is 11.8 Å². The van der Waals surface area contributed by atoms with Gasteiger partial charge in [-0.15, -0.1) is 6.58 Å². The SMILES string of the molecule is C=CCCC1CCC(c2ccc(C(F)(F)OC(C)c3ccc(C4CCC(CCCCC)CC4)cc3)cc2)CC1. The number of benzene rings is 2. The Morgan fingerprint density at radius 2 is 1.31 bits per heavy atom. The Labute approximate surface area is 236 Å². The van der Waals surface area contributed by atoms with E-state index in [4.69, 9.17) is 4.74 Å². The van der Waals surface area contributed by atoms with E-state index in [0.717, 1.165) is 36.7 Å². The van der Waals surface area contributed by atoms with Gasteiger partial charge in [0.2, 0.25) is 0 Å². The fourth-order valence-corrected chi connectivity index (χ4v) is 6.95. The van der Waals surface area contributed by atoms with Crippen molar-refractivity contribution in [2.24, 2.45) is 11.8 Å². The second kappa shape index (κ2) is 14.6. The summed E-state index contributed by atoms with van der Waals surface area (Å²) < 4.78 is 35.6. The third-order valence-electron chi connectivity index (χ3n) is 9.61. The van der Waals surface area contributed by atoms with Crippen molar-refractivity contribution in [3.05, 3.63) is 83.4 Å². The van der Waals surface area contributed by atoms with Crippen LogP contribution in [0.25, 0.3) is 0 Å². The highest BCUT2D eigenvalue weighted by Gasteiger charge is 2.36. The first-order valence-corrected chi connectivity index (χ1v) is 15.8. The normalized spacial score (nSPS) is 24.8. The Balaban J connectivity index is 1.27. The quantitative estimate of drug-likeness (QED) is 0.183. The molecular weight excluding hydrogens is 486 g/mol. The van der Waals surface area contributed by atoms with Crippen molar-refractivity contribution in [2.45, 2.75) is 128 Å². The van der Waals surface area contributed by atoms with Gasteiger partial charge in [0.05, 0.1) is 11.7 Å². The summed E-state index contributed by atoms with van der Waals surface area (Å²) in [7, 11) is 0. The van der Waals surface area contributed by atoms with Gasteiger partial charge in [-0.05, 0) is 111 Å². The van der Waals surface area contributed by atoms with E-state index >= 15 is 8.78 Å². The van der Waals surface area contributed by atoms with Crippen LogP contribution in [0.3, 0.4) is 0 Å². The summed E-state index contributed by atoms with van der Waals surface area (Å²) in [5.74, 6) is 2.74. The lowest BCUT2D eigenvalue weighted by Crippen LogP contribution is -2.21. The number of hydrogen-bond donors (Lipinski definition) is 0. The molecule has 2 aliphatic carbocycles. The molecule has 4 rings (SSSR count). The van der Waals surface area contributed by atoms with Gasteiger partial charge in [-0.2, -0.15) is 8.78 Å². The first kappa shape index (κ1) is 30.0. The van der Waals surface area contributed by atoms with Gasteiger partial charge < -0.3 is 4.74 Å². The highest BCUT2D eigenvalue weighted by atomic mass is 19.3. The van der Waals surface area contributed by atoms with Crippen LogP contribution in [0.4, 0.5) is 8.78 Å². The van der Waals surface area contributed by atoms with Crippen LogP contribution in [0.2, 0.25) is 0 Å². The van der Waals surface area contributed by atoms with Crippen molar-refractivity contribution in [3.63, 3.8) is 0 Å². The van der Waals surface area contributed by atoms with Gasteiger partial charge in [-0.1, -0.05) is 87.2 Å². The van der Waals surface area contributed by atoms with Crippen molar-refractivity contribution in [3.8, 4) is 0 Å². The highest BCUT2D eigenvalue weighted by Crippen LogP contribution is 2.41. The Morgan fingerprint density at radius 3 is 1.82 bits per heavy atom. The zero-order chi connectivity index (χ0) is 27.7. The molecule has 1 unspecified atom stereocenters. The van der Waals surface area contributed by atoms with E-state index < -0.39 is 12.2 Å². The van der Waals surface area contributed by atoms with E-state index in [-0.39, 0.29) is 5.56 Å². The average molecular weight is 537 g/mol. The van der Waals surface area contributed by atoms with Crippen molar-refractivity contribution < 1.29 is 13.5 Å². The number of halogens is 2. The van der Waals surface area contributed by atoms with Crippen LogP contribution in [0.5, 0.6) is 0 Å². The average Bonchev–Trinajstić information content (AvgIpc) is 2.97. The topological polar surface area (TPSA) is 9.23 Å². The summed E-state index contributed by atoms with van der Waals surface area (Å²) in [5.41, 5.74) is 3.26. The highest BCUT2D eigenvalue weighted by molar-refractivity contribution is 5.29. The number of hydrogen-bond acceptors (Lipinski definition) is 1. The summed E-state index contributed by atoms with van der Waals surface area (Å²) in [6, 6.07) is 15.1. The lowest BCUT2D eigenvalue weighted by atomic mass is 9.77. The van der Waals surface area contributed by atoms with Gasteiger partial charge >= 0.3 is 6.11 Å². The molecule has 2 aromatic rings. The molecule has 2 saturated carbocycles. The molecule has 0 spiro atoms. The van der Waals surface area contributed by atoms with Crippen molar-refractivity contribution in [1.29, 1.82) is 0 Å². The zero-order valence-electron chi connectivity index (χ0n) is 24.4. The molecule has 2 aliphatic rings. The summed E-state index contributed by atoms with van der Waals surface area (Å²) in [6.45, 7) is 7.82. The van der Waals surface area contributed by atoms with Gasteiger partial charge in [0, 0.05) is 0 Å². The minimum absolute atomic E-state index is 0.0647. The molecular formula is C36H50F2O. The zero-order valence-corrected chi connectivity index (χ0v) is 24.4. The predicted octanol–water partition coefficient (Wildman–Crippen LogP) is 11.6. The fraction of sp³-hybridized carbons (Fsp3) is 0.611. The molecule has 0 radical (unpaired) electrons. The summed E-state index contributed by atoms with van der Waals surface area (Å²) in [6.07, 6.45) is 15.5. The third kappa shape index (κ3) is 8.49. The summed E-state index contributed by atoms with van der Waals surface area (Å²) >= 11 is 0. The second-order valence-corrected chi connectivity index (χ2v) is 12.4. The molecule has 0 heterocycles. The molecule has 214 valence electrons. The van der Waals surface area contributed by atoms with Crippen molar-refractivity contribution in [1.82, 2.24) is 0 Å². The van der Waals surface area contributed by atoms with E-state index in [2.05, 4.69) is 25.6 Å². The third-order valence-corrected chi connectivity index (χ3v) is 9.61. The Morgan fingerprint density at radius 1 is 0.795 bits per heavy atom. The Kier molecular flexibility index (Phi) is 11.2. The number of rotatable bonds is 13. The molecule has 2 aromatic carbocycles.